The molecular formula is C5H9BrF4O4S. The van der Waals surface area contributed by atoms with Gasteiger partial charge >= 0.3 is 0 Å². The monoisotopic (exact) mass is 320 g/mol. The van der Waals surface area contributed by atoms with E-state index in [1.165, 1.54) is 0 Å². The highest BCUT2D eigenvalue weighted by atomic mass is 79.9. The molecule has 3 unspecified atom stereocenters. The highest BCUT2D eigenvalue weighted by Crippen LogP contribution is 2.18. The number of hydrogen-bond acceptors (Lipinski definition) is 3. The highest BCUT2D eigenvalue weighted by Gasteiger charge is 2.33. The Labute approximate surface area is 92.2 Å². The Balaban J connectivity index is 0. The molecule has 0 saturated heterocycles. The van der Waals surface area contributed by atoms with Crippen LogP contribution in [0.3, 0.4) is 0 Å². The lowest BCUT2D eigenvalue weighted by molar-refractivity contribution is -0.0203. The van der Waals surface area contributed by atoms with E-state index in [4.69, 9.17) is 9.66 Å². The smallest absolute Gasteiger partial charge is 0.272 e. The van der Waals surface area contributed by atoms with Gasteiger partial charge in [0.15, 0.2) is 12.3 Å². The molecule has 4 nitrogen and oxygen atoms in total. The van der Waals surface area contributed by atoms with Gasteiger partial charge in [0.25, 0.3) is 16.5 Å². The molecule has 0 heterocycles. The molecule has 0 aromatic rings. The summed E-state index contributed by atoms with van der Waals surface area (Å²) in [4.78, 5) is 0. The molecule has 0 spiro atoms. The summed E-state index contributed by atoms with van der Waals surface area (Å²) in [5, 5.41) is 6.33. The van der Waals surface area contributed by atoms with Gasteiger partial charge in [-0.1, -0.05) is 15.9 Å². The first kappa shape index (κ1) is 17.5. The maximum absolute atomic E-state index is 12.0. The normalized spacial score (nSPS) is 17.7. The predicted octanol–water partition coefficient (Wildman–Crippen LogP) is 1.15. The van der Waals surface area contributed by atoms with Crippen molar-refractivity contribution in [3.05, 3.63) is 0 Å². The number of alkyl halides is 5. The van der Waals surface area contributed by atoms with Crippen molar-refractivity contribution >= 4 is 26.0 Å². The van der Waals surface area contributed by atoms with Crippen molar-refractivity contribution < 1.29 is 35.6 Å². The fourth-order valence-corrected chi connectivity index (χ4v) is 0.582. The molecule has 15 heavy (non-hydrogen) atoms. The first-order valence-corrected chi connectivity index (χ1v) is 6.04. The Morgan fingerprint density at radius 3 is 1.47 bits per heavy atom. The summed E-state index contributed by atoms with van der Waals surface area (Å²) in [5.41, 5.74) is 0. The van der Waals surface area contributed by atoms with Crippen molar-refractivity contribution in [1.29, 1.82) is 0 Å². The summed E-state index contributed by atoms with van der Waals surface area (Å²) in [5.74, 6) is 0. The van der Waals surface area contributed by atoms with Gasteiger partial charge in [-0.05, 0) is 0 Å². The van der Waals surface area contributed by atoms with E-state index < -0.39 is 33.9 Å². The topological polar surface area (TPSA) is 74.6 Å². The van der Waals surface area contributed by atoms with Gasteiger partial charge in [-0.2, -0.15) is 8.42 Å². The minimum Gasteiger partial charge on any atom is -0.379 e. The van der Waals surface area contributed by atoms with E-state index in [1.54, 1.807) is 0 Å². The fraction of sp³-hybridized carbons (Fsp3) is 1.00. The summed E-state index contributed by atoms with van der Waals surface area (Å²) in [6, 6.07) is 0. The molecule has 10 heteroatoms. The fourth-order valence-electron chi connectivity index (χ4n) is 0.291. The van der Waals surface area contributed by atoms with Crippen LogP contribution in [0.1, 0.15) is 0 Å². The van der Waals surface area contributed by atoms with Crippen LogP contribution in [0.25, 0.3) is 0 Å². The van der Waals surface area contributed by atoms with Gasteiger partial charge in [0, 0.05) is 0 Å². The second kappa shape index (κ2) is 7.36. The molecular weight excluding hydrogens is 312 g/mol. The lowest BCUT2D eigenvalue weighted by Gasteiger charge is -2.13. The molecule has 94 valence electrons. The van der Waals surface area contributed by atoms with E-state index in [-0.39, 0.29) is 0 Å². The van der Waals surface area contributed by atoms with Gasteiger partial charge in [-0.3, -0.25) is 4.55 Å². The zero-order valence-corrected chi connectivity index (χ0v) is 9.72. The first-order valence-electron chi connectivity index (χ1n) is 3.27. The van der Waals surface area contributed by atoms with Gasteiger partial charge in [-0.15, -0.1) is 0 Å². The number of halogens is 5. The van der Waals surface area contributed by atoms with Crippen LogP contribution in [0.2, 0.25) is 0 Å². The molecule has 0 aliphatic heterocycles. The van der Waals surface area contributed by atoms with Crippen LogP contribution in [-0.4, -0.2) is 48.1 Å². The summed E-state index contributed by atoms with van der Waals surface area (Å²) in [7, 11) is -3.67. The van der Waals surface area contributed by atoms with Crippen molar-refractivity contribution in [2.24, 2.45) is 0 Å². The minimum atomic E-state index is -3.67. The van der Waals surface area contributed by atoms with Crippen molar-refractivity contribution in [2.45, 2.75) is 23.8 Å². The molecule has 0 aromatic carbocycles. The molecule has 0 aromatic heterocycles. The van der Waals surface area contributed by atoms with E-state index in [0.29, 0.717) is 6.26 Å². The molecule has 0 fully saturated rings. The van der Waals surface area contributed by atoms with Crippen molar-refractivity contribution in [3.8, 4) is 0 Å². The van der Waals surface area contributed by atoms with E-state index in [1.807, 2.05) is 0 Å². The molecule has 0 radical (unpaired) electrons. The van der Waals surface area contributed by atoms with Crippen LogP contribution in [0, 0.1) is 0 Å². The number of hydrogen-bond donors (Lipinski definition) is 2. The maximum atomic E-state index is 12.0. The van der Waals surface area contributed by atoms with Crippen LogP contribution in [-0.2, 0) is 10.1 Å². The molecule has 3 atom stereocenters. The lowest BCUT2D eigenvalue weighted by Crippen LogP contribution is -2.32. The zero-order chi connectivity index (χ0) is 12.8. The Kier molecular flexibility index (Phi) is 8.57. The summed E-state index contributed by atoms with van der Waals surface area (Å²) < 4.78 is 72.3. The third kappa shape index (κ3) is 14.1. The van der Waals surface area contributed by atoms with Crippen molar-refractivity contribution in [2.75, 3.05) is 6.26 Å². The Morgan fingerprint density at radius 1 is 1.13 bits per heavy atom. The van der Waals surface area contributed by atoms with E-state index in [9.17, 15) is 26.0 Å². The SMILES string of the molecule is CS(=O)(=O)O.OC(Br)C(F)C(F)C(F)F. The lowest BCUT2D eigenvalue weighted by atomic mass is 10.3. The predicted molar refractivity (Wildman–Crippen MR) is 48.2 cm³/mol. The van der Waals surface area contributed by atoms with Gasteiger partial charge in [0.05, 0.1) is 6.26 Å². The molecule has 0 bridgehead atoms. The van der Waals surface area contributed by atoms with E-state index >= 15 is 0 Å². The molecule has 0 rings (SSSR count). The maximum Gasteiger partial charge on any atom is 0.272 e. The van der Waals surface area contributed by atoms with Crippen LogP contribution >= 0.6 is 15.9 Å². The second-order valence-corrected chi connectivity index (χ2v) is 4.73. The van der Waals surface area contributed by atoms with Crippen LogP contribution < -0.4 is 0 Å². The van der Waals surface area contributed by atoms with E-state index in [0.717, 1.165) is 0 Å². The van der Waals surface area contributed by atoms with Gasteiger partial charge in [0.2, 0.25) is 0 Å². The van der Waals surface area contributed by atoms with Crippen molar-refractivity contribution in [3.63, 3.8) is 0 Å². The molecule has 0 amide bonds. The van der Waals surface area contributed by atoms with Gasteiger partial charge in [0.1, 0.15) is 5.01 Å². The third-order valence-corrected chi connectivity index (χ3v) is 1.31. The Hall–Kier alpha value is 0.0700. The average Bonchev–Trinajstić information content (AvgIpc) is 1.98. The number of aliphatic hydroxyl groups excluding tert-OH is 1. The van der Waals surface area contributed by atoms with Crippen LogP contribution in [0.4, 0.5) is 17.6 Å². The summed E-state index contributed by atoms with van der Waals surface area (Å²) in [6.07, 6.45) is -8.20. The number of aliphatic hydroxyl groups is 1. The molecule has 2 N–H and O–H groups in total. The zero-order valence-electron chi connectivity index (χ0n) is 7.32. The summed E-state index contributed by atoms with van der Waals surface area (Å²) in [6.45, 7) is 0. The standard InChI is InChI=1S/C4H5BrF4O.CH4O3S/c5-3(10)1(6)2(7)4(8)9;1-5(2,3)4/h1-4,10H;1H3,(H,2,3,4). The molecule has 0 saturated carbocycles. The average molecular weight is 321 g/mol. The summed E-state index contributed by atoms with van der Waals surface area (Å²) >= 11 is 2.22. The van der Waals surface area contributed by atoms with Gasteiger partial charge in [-0.25, -0.2) is 17.6 Å². The highest BCUT2D eigenvalue weighted by molar-refractivity contribution is 9.09. The van der Waals surface area contributed by atoms with Gasteiger partial charge < -0.3 is 5.11 Å². The van der Waals surface area contributed by atoms with Crippen LogP contribution in [0.15, 0.2) is 0 Å². The first-order chi connectivity index (χ1) is 6.46. The molecule has 0 aliphatic rings. The van der Waals surface area contributed by atoms with Crippen LogP contribution in [0.5, 0.6) is 0 Å². The Morgan fingerprint density at radius 2 is 1.40 bits per heavy atom. The number of rotatable bonds is 3. The second-order valence-electron chi connectivity index (χ2n) is 2.33. The minimum absolute atomic E-state index is 0.715. The third-order valence-electron chi connectivity index (χ3n) is 0.808. The quantitative estimate of drug-likeness (QED) is 0.464. The van der Waals surface area contributed by atoms with Crippen molar-refractivity contribution in [1.82, 2.24) is 0 Å². The van der Waals surface area contributed by atoms with E-state index in [2.05, 4.69) is 15.9 Å². The molecule has 0 aliphatic carbocycles. The Bertz CT molecular complexity index is 238. The largest absolute Gasteiger partial charge is 0.379 e.